The van der Waals surface area contributed by atoms with Crippen molar-refractivity contribution in [1.29, 1.82) is 0 Å². The zero-order valence-electron chi connectivity index (χ0n) is 19.8. The van der Waals surface area contributed by atoms with Crippen molar-refractivity contribution in [2.45, 2.75) is 78.6 Å². The van der Waals surface area contributed by atoms with E-state index in [9.17, 15) is 9.59 Å². The van der Waals surface area contributed by atoms with Crippen molar-refractivity contribution in [2.75, 3.05) is 6.61 Å². The SMILES string of the molecule is CC1(C)CC(=O)C2=C(C1)OC1=C(C(=O)CC(C)(C)C1)C2c1ccc(OCC2CCC2)cc1. The first-order valence-electron chi connectivity index (χ1n) is 12.0. The highest BCUT2D eigenvalue weighted by Crippen LogP contribution is 2.53. The maximum Gasteiger partial charge on any atom is 0.163 e. The van der Waals surface area contributed by atoms with Crippen LogP contribution in [0.5, 0.6) is 5.75 Å². The van der Waals surface area contributed by atoms with Crippen LogP contribution >= 0.6 is 0 Å². The molecule has 170 valence electrons. The number of Topliss-reactive ketones (excluding diaryl/α,β-unsaturated/α-hetero) is 2. The first-order chi connectivity index (χ1) is 15.1. The molecule has 0 saturated heterocycles. The summed E-state index contributed by atoms with van der Waals surface area (Å²) in [5, 5.41) is 0. The maximum atomic E-state index is 13.3. The average molecular weight is 435 g/mol. The van der Waals surface area contributed by atoms with Gasteiger partial charge in [-0.1, -0.05) is 46.2 Å². The van der Waals surface area contributed by atoms with Gasteiger partial charge in [0, 0.05) is 42.7 Å². The monoisotopic (exact) mass is 434 g/mol. The fraction of sp³-hybridized carbons (Fsp3) is 0.571. The molecule has 4 aliphatic rings. The summed E-state index contributed by atoms with van der Waals surface area (Å²) < 4.78 is 12.3. The van der Waals surface area contributed by atoms with Gasteiger partial charge in [-0.3, -0.25) is 9.59 Å². The highest BCUT2D eigenvalue weighted by molar-refractivity contribution is 6.06. The molecule has 3 aliphatic carbocycles. The summed E-state index contributed by atoms with van der Waals surface area (Å²) in [5.74, 6) is 2.95. The minimum atomic E-state index is -0.332. The molecule has 0 amide bonds. The van der Waals surface area contributed by atoms with Crippen molar-refractivity contribution in [3.8, 4) is 5.75 Å². The number of carbonyl (C=O) groups is 2. The van der Waals surface area contributed by atoms with Gasteiger partial charge >= 0.3 is 0 Å². The van der Waals surface area contributed by atoms with E-state index < -0.39 is 0 Å². The summed E-state index contributed by atoms with van der Waals surface area (Å²) in [5.41, 5.74) is 2.10. The zero-order valence-corrected chi connectivity index (χ0v) is 19.8. The van der Waals surface area contributed by atoms with Crippen LogP contribution in [0.3, 0.4) is 0 Å². The molecule has 0 bridgehead atoms. The van der Waals surface area contributed by atoms with E-state index in [1.165, 1.54) is 19.3 Å². The first kappa shape index (κ1) is 21.5. The molecule has 0 unspecified atom stereocenters. The zero-order chi connectivity index (χ0) is 22.7. The summed E-state index contributed by atoms with van der Waals surface area (Å²) in [7, 11) is 0. The molecule has 0 radical (unpaired) electrons. The first-order valence-corrected chi connectivity index (χ1v) is 12.0. The number of carbonyl (C=O) groups excluding carboxylic acids is 2. The number of allylic oxidation sites excluding steroid dienone is 4. The van der Waals surface area contributed by atoms with E-state index in [-0.39, 0.29) is 28.3 Å². The number of hydrogen-bond acceptors (Lipinski definition) is 4. The van der Waals surface area contributed by atoms with E-state index in [0.717, 1.165) is 42.3 Å². The van der Waals surface area contributed by atoms with E-state index in [2.05, 4.69) is 27.7 Å². The number of benzene rings is 1. The molecule has 1 aromatic rings. The number of hydrogen-bond donors (Lipinski definition) is 0. The predicted octanol–water partition coefficient (Wildman–Crippen LogP) is 6.27. The summed E-state index contributed by atoms with van der Waals surface area (Å²) in [6, 6.07) is 8.03. The van der Waals surface area contributed by atoms with E-state index >= 15 is 0 Å². The Morgan fingerprint density at radius 3 is 1.84 bits per heavy atom. The standard InChI is InChI=1S/C28H34O4/c1-27(2)12-20(29)25-22(14-27)32-23-15-28(3,4)13-21(30)26(23)24(25)18-8-10-19(11-9-18)31-16-17-6-5-7-17/h8-11,17,24H,5-7,12-16H2,1-4H3. The Morgan fingerprint density at radius 1 is 0.844 bits per heavy atom. The van der Waals surface area contributed by atoms with Gasteiger partial charge in [-0.05, 0) is 47.3 Å². The molecule has 1 aromatic carbocycles. The molecular formula is C28H34O4. The van der Waals surface area contributed by atoms with Crippen LogP contribution in [0.4, 0.5) is 0 Å². The van der Waals surface area contributed by atoms with E-state index in [4.69, 9.17) is 9.47 Å². The van der Waals surface area contributed by atoms with Crippen LogP contribution < -0.4 is 4.74 Å². The molecule has 1 aliphatic heterocycles. The third-order valence-corrected chi connectivity index (χ3v) is 7.51. The minimum Gasteiger partial charge on any atom is -0.493 e. The normalized spacial score (nSPS) is 25.1. The Morgan fingerprint density at radius 2 is 1.38 bits per heavy atom. The van der Waals surface area contributed by atoms with Crippen molar-refractivity contribution in [3.63, 3.8) is 0 Å². The topological polar surface area (TPSA) is 52.6 Å². The number of ether oxygens (including phenoxy) is 2. The lowest BCUT2D eigenvalue weighted by Crippen LogP contribution is -2.37. The van der Waals surface area contributed by atoms with Crippen molar-refractivity contribution >= 4 is 11.6 Å². The van der Waals surface area contributed by atoms with Crippen molar-refractivity contribution in [3.05, 3.63) is 52.5 Å². The van der Waals surface area contributed by atoms with Crippen molar-refractivity contribution in [1.82, 2.24) is 0 Å². The lowest BCUT2D eigenvalue weighted by Gasteiger charge is -2.42. The third kappa shape index (κ3) is 3.93. The predicted molar refractivity (Wildman–Crippen MR) is 123 cm³/mol. The van der Waals surface area contributed by atoms with Gasteiger partial charge in [0.25, 0.3) is 0 Å². The quantitative estimate of drug-likeness (QED) is 0.561. The van der Waals surface area contributed by atoms with Gasteiger partial charge in [0.15, 0.2) is 11.6 Å². The molecule has 5 rings (SSSR count). The van der Waals surface area contributed by atoms with Crippen molar-refractivity contribution in [2.24, 2.45) is 16.7 Å². The molecule has 0 N–H and O–H groups in total. The van der Waals surface area contributed by atoms with E-state index in [1.807, 2.05) is 24.3 Å². The number of rotatable bonds is 4. The second-order valence-electron chi connectivity index (χ2n) is 11.8. The van der Waals surface area contributed by atoms with Gasteiger partial charge in [0.2, 0.25) is 0 Å². The average Bonchev–Trinajstić information content (AvgIpc) is 2.63. The van der Waals surface area contributed by atoms with Crippen LogP contribution in [0.15, 0.2) is 46.9 Å². The Labute approximate surface area is 191 Å². The van der Waals surface area contributed by atoms with Crippen LogP contribution in [0, 0.1) is 16.7 Å². The maximum absolute atomic E-state index is 13.3. The smallest absolute Gasteiger partial charge is 0.163 e. The molecule has 1 saturated carbocycles. The molecule has 0 spiro atoms. The Balaban J connectivity index is 1.52. The van der Waals surface area contributed by atoms with E-state index in [0.29, 0.717) is 29.9 Å². The molecule has 4 nitrogen and oxygen atoms in total. The highest BCUT2D eigenvalue weighted by atomic mass is 16.5. The van der Waals surface area contributed by atoms with Crippen LogP contribution in [0.1, 0.15) is 84.1 Å². The van der Waals surface area contributed by atoms with Gasteiger partial charge in [-0.2, -0.15) is 0 Å². The van der Waals surface area contributed by atoms with Gasteiger partial charge in [0.05, 0.1) is 6.61 Å². The van der Waals surface area contributed by atoms with Crippen LogP contribution in [0.25, 0.3) is 0 Å². The summed E-state index contributed by atoms with van der Waals surface area (Å²) in [4.78, 5) is 26.6. The second-order valence-corrected chi connectivity index (χ2v) is 11.8. The molecule has 1 heterocycles. The lowest BCUT2D eigenvalue weighted by atomic mass is 9.65. The summed E-state index contributed by atoms with van der Waals surface area (Å²) >= 11 is 0. The Kier molecular flexibility index (Phi) is 5.11. The summed E-state index contributed by atoms with van der Waals surface area (Å²) in [6.07, 6.45) is 6.22. The Bertz CT molecular complexity index is 966. The number of ketones is 2. The molecule has 4 heteroatoms. The van der Waals surface area contributed by atoms with Crippen LogP contribution in [0.2, 0.25) is 0 Å². The van der Waals surface area contributed by atoms with Crippen LogP contribution in [-0.2, 0) is 14.3 Å². The molecule has 1 fully saturated rings. The largest absolute Gasteiger partial charge is 0.493 e. The summed E-state index contributed by atoms with van der Waals surface area (Å²) in [6.45, 7) is 9.22. The van der Waals surface area contributed by atoms with Gasteiger partial charge < -0.3 is 9.47 Å². The Hall–Kier alpha value is -2.36. The molecule has 0 atom stereocenters. The van der Waals surface area contributed by atoms with E-state index in [1.54, 1.807) is 0 Å². The van der Waals surface area contributed by atoms with Crippen LogP contribution in [-0.4, -0.2) is 18.2 Å². The second kappa shape index (κ2) is 7.60. The highest BCUT2D eigenvalue weighted by Gasteiger charge is 2.47. The lowest BCUT2D eigenvalue weighted by molar-refractivity contribution is -0.120. The van der Waals surface area contributed by atoms with Crippen molar-refractivity contribution < 1.29 is 19.1 Å². The van der Waals surface area contributed by atoms with Gasteiger partial charge in [-0.15, -0.1) is 0 Å². The minimum absolute atomic E-state index is 0.107. The van der Waals surface area contributed by atoms with Gasteiger partial charge in [0.1, 0.15) is 17.3 Å². The molecule has 32 heavy (non-hydrogen) atoms. The van der Waals surface area contributed by atoms with Gasteiger partial charge in [-0.25, -0.2) is 0 Å². The molecular weight excluding hydrogens is 400 g/mol. The fourth-order valence-electron chi connectivity index (χ4n) is 5.64. The fourth-order valence-corrected chi connectivity index (χ4v) is 5.64. The molecule has 0 aromatic heterocycles. The third-order valence-electron chi connectivity index (χ3n) is 7.51.